The van der Waals surface area contributed by atoms with Crippen molar-refractivity contribution in [2.45, 2.75) is 39.2 Å². The number of thiazole rings is 1. The van der Waals surface area contributed by atoms with Crippen molar-refractivity contribution in [1.82, 2.24) is 4.98 Å². The Morgan fingerprint density at radius 3 is 2.62 bits per heavy atom. The lowest BCUT2D eigenvalue weighted by Crippen LogP contribution is -2.30. The fourth-order valence-corrected chi connectivity index (χ4v) is 5.29. The summed E-state index contributed by atoms with van der Waals surface area (Å²) in [6, 6.07) is 15.4. The highest BCUT2D eigenvalue weighted by atomic mass is 32.1. The fraction of sp³-hybridized carbons (Fsp3) is 0.267. The summed E-state index contributed by atoms with van der Waals surface area (Å²) in [6.07, 6.45) is 5.97. The number of carbonyl (C=O) groups excluding carboxylic acids is 3. The van der Waals surface area contributed by atoms with Gasteiger partial charge in [0.1, 0.15) is 10.6 Å². The third-order valence-corrected chi connectivity index (χ3v) is 7.39. The topological polar surface area (TPSA) is 106 Å². The molecule has 2 heterocycles. The molecule has 0 radical (unpaired) electrons. The molecule has 1 unspecified atom stereocenters. The molecule has 3 aromatic rings. The molecule has 1 aliphatic heterocycles. The first kappa shape index (κ1) is 27.8. The number of aliphatic hydroxyl groups is 1. The second-order valence-corrected chi connectivity index (χ2v) is 9.96. The maximum absolute atomic E-state index is 13.5. The minimum atomic E-state index is -0.985. The number of hydrogen-bond donors (Lipinski definition) is 1. The number of methoxy groups -OCH3 is 1. The van der Waals surface area contributed by atoms with E-state index < -0.39 is 29.5 Å². The molecule has 1 N–H and O–H groups in total. The molecule has 4 rings (SSSR count). The van der Waals surface area contributed by atoms with Crippen molar-refractivity contribution in [3.05, 3.63) is 93.7 Å². The van der Waals surface area contributed by atoms with Gasteiger partial charge in [0.05, 0.1) is 31.0 Å². The van der Waals surface area contributed by atoms with Crippen LogP contribution in [0.4, 0.5) is 5.13 Å². The Kier molecular flexibility index (Phi) is 8.93. The van der Waals surface area contributed by atoms with Crippen LogP contribution in [-0.4, -0.2) is 41.5 Å². The zero-order valence-electron chi connectivity index (χ0n) is 22.0. The number of carbonyl (C=O) groups is 3. The van der Waals surface area contributed by atoms with Crippen LogP contribution in [0.15, 0.2) is 72.0 Å². The molecular weight excluding hydrogens is 516 g/mol. The summed E-state index contributed by atoms with van der Waals surface area (Å²) in [4.78, 5) is 45.1. The standard InChI is InChI=1S/C30H30N2O6S/c1-4-5-9-17-38-22-14-10-13-21(18-22)25-24(23(33)16-15-20-11-7-6-8-12-20)26(34)28(35)32(25)30-31-19(2)27(39-30)29(36)37-3/h6-8,10-16,18,25,34H,4-5,9,17H2,1-3H3/b16-15+. The van der Waals surface area contributed by atoms with Gasteiger partial charge in [0, 0.05) is 0 Å². The van der Waals surface area contributed by atoms with Gasteiger partial charge in [-0.25, -0.2) is 9.78 Å². The lowest BCUT2D eigenvalue weighted by Gasteiger charge is -2.24. The van der Waals surface area contributed by atoms with E-state index in [0.29, 0.717) is 23.6 Å². The number of allylic oxidation sites excluding steroid dienone is 1. The van der Waals surface area contributed by atoms with Gasteiger partial charge in [-0.15, -0.1) is 0 Å². The van der Waals surface area contributed by atoms with Crippen LogP contribution in [0.3, 0.4) is 0 Å². The number of nitrogens with zero attached hydrogens (tertiary/aromatic N) is 2. The Labute approximate surface area is 231 Å². The number of unbranched alkanes of at least 4 members (excludes halogenated alkanes) is 2. The minimum absolute atomic E-state index is 0.0808. The number of ketones is 1. The van der Waals surface area contributed by atoms with Gasteiger partial charge in [-0.1, -0.05) is 79.6 Å². The van der Waals surface area contributed by atoms with Crippen molar-refractivity contribution in [2.24, 2.45) is 0 Å². The van der Waals surface area contributed by atoms with E-state index in [1.54, 1.807) is 37.3 Å². The molecule has 202 valence electrons. The second-order valence-electron chi connectivity index (χ2n) is 8.98. The second kappa shape index (κ2) is 12.5. The van der Waals surface area contributed by atoms with E-state index in [1.165, 1.54) is 18.1 Å². The normalized spacial score (nSPS) is 15.3. The summed E-state index contributed by atoms with van der Waals surface area (Å²) in [5.74, 6) is -1.96. The largest absolute Gasteiger partial charge is 0.503 e. The first-order chi connectivity index (χ1) is 18.8. The van der Waals surface area contributed by atoms with Crippen LogP contribution in [0.2, 0.25) is 0 Å². The maximum atomic E-state index is 13.5. The third kappa shape index (κ3) is 6.09. The molecular formula is C30H30N2O6S. The van der Waals surface area contributed by atoms with E-state index in [9.17, 15) is 19.5 Å². The Morgan fingerprint density at radius 2 is 1.90 bits per heavy atom. The molecule has 2 aromatic carbocycles. The third-order valence-electron chi connectivity index (χ3n) is 6.25. The lowest BCUT2D eigenvalue weighted by atomic mass is 9.95. The van der Waals surface area contributed by atoms with Gasteiger partial charge >= 0.3 is 5.97 Å². The van der Waals surface area contributed by atoms with Gasteiger partial charge in [-0.05, 0) is 42.7 Å². The van der Waals surface area contributed by atoms with Gasteiger partial charge in [-0.2, -0.15) is 0 Å². The molecule has 0 fully saturated rings. The molecule has 0 aliphatic carbocycles. The first-order valence-corrected chi connectivity index (χ1v) is 13.5. The molecule has 0 spiro atoms. The number of hydrogen-bond acceptors (Lipinski definition) is 8. The zero-order valence-corrected chi connectivity index (χ0v) is 22.9. The van der Waals surface area contributed by atoms with Crippen LogP contribution in [0.5, 0.6) is 5.75 Å². The zero-order chi connectivity index (χ0) is 27.9. The predicted octanol–water partition coefficient (Wildman–Crippen LogP) is 5.99. The van der Waals surface area contributed by atoms with Crippen LogP contribution in [0.25, 0.3) is 6.08 Å². The minimum Gasteiger partial charge on any atom is -0.503 e. The monoisotopic (exact) mass is 546 g/mol. The molecule has 0 saturated carbocycles. The Bertz CT molecular complexity index is 1430. The molecule has 8 nitrogen and oxygen atoms in total. The van der Waals surface area contributed by atoms with Gasteiger partial charge < -0.3 is 14.6 Å². The van der Waals surface area contributed by atoms with Crippen LogP contribution < -0.4 is 9.64 Å². The van der Waals surface area contributed by atoms with E-state index in [4.69, 9.17) is 9.47 Å². The summed E-state index contributed by atoms with van der Waals surface area (Å²) in [5, 5.41) is 11.1. The number of ether oxygens (including phenoxy) is 2. The summed E-state index contributed by atoms with van der Waals surface area (Å²) in [6.45, 7) is 4.28. The maximum Gasteiger partial charge on any atom is 0.350 e. The van der Waals surface area contributed by atoms with Crippen LogP contribution in [0.1, 0.15) is 58.7 Å². The number of aromatic nitrogens is 1. The average molecular weight is 547 g/mol. The molecule has 39 heavy (non-hydrogen) atoms. The molecule has 1 atom stereocenters. The van der Waals surface area contributed by atoms with Crippen molar-refractivity contribution in [2.75, 3.05) is 18.6 Å². The van der Waals surface area contributed by atoms with E-state index in [1.807, 2.05) is 30.3 Å². The highest BCUT2D eigenvalue weighted by Crippen LogP contribution is 2.43. The van der Waals surface area contributed by atoms with Crippen molar-refractivity contribution in [3.63, 3.8) is 0 Å². The number of amides is 1. The smallest absolute Gasteiger partial charge is 0.350 e. The van der Waals surface area contributed by atoms with E-state index in [0.717, 1.165) is 36.2 Å². The van der Waals surface area contributed by atoms with Crippen LogP contribution in [-0.2, 0) is 14.3 Å². The number of aliphatic hydroxyl groups excluding tert-OH is 1. The molecule has 9 heteroatoms. The van der Waals surface area contributed by atoms with Gasteiger partial charge in [0.25, 0.3) is 5.91 Å². The number of aryl methyl sites for hydroxylation is 1. The SMILES string of the molecule is CCCCCOc1cccc(C2C(C(=O)/C=C/c3ccccc3)=C(O)C(=O)N2c2nc(C)c(C(=O)OC)s2)c1. The molecule has 0 bridgehead atoms. The van der Waals surface area contributed by atoms with Gasteiger partial charge in [0.15, 0.2) is 16.7 Å². The fourth-order valence-electron chi connectivity index (χ4n) is 4.28. The van der Waals surface area contributed by atoms with E-state index in [2.05, 4.69) is 11.9 Å². The highest BCUT2D eigenvalue weighted by Gasteiger charge is 2.45. The van der Waals surface area contributed by atoms with Crippen molar-refractivity contribution in [1.29, 1.82) is 0 Å². The molecule has 1 amide bonds. The van der Waals surface area contributed by atoms with Crippen molar-refractivity contribution in [3.8, 4) is 5.75 Å². The lowest BCUT2D eigenvalue weighted by molar-refractivity contribution is -0.117. The average Bonchev–Trinajstić information content (AvgIpc) is 3.46. The van der Waals surface area contributed by atoms with E-state index >= 15 is 0 Å². The number of anilines is 1. The first-order valence-electron chi connectivity index (χ1n) is 12.7. The van der Waals surface area contributed by atoms with Crippen molar-refractivity contribution < 1.29 is 29.0 Å². The highest BCUT2D eigenvalue weighted by molar-refractivity contribution is 7.17. The number of esters is 1. The van der Waals surface area contributed by atoms with Crippen LogP contribution in [0, 0.1) is 6.92 Å². The summed E-state index contributed by atoms with van der Waals surface area (Å²) >= 11 is 0.962. The predicted molar refractivity (Wildman–Crippen MR) is 150 cm³/mol. The van der Waals surface area contributed by atoms with Gasteiger partial charge in [0.2, 0.25) is 0 Å². The molecule has 0 saturated heterocycles. The number of rotatable bonds is 11. The van der Waals surface area contributed by atoms with Crippen LogP contribution >= 0.6 is 11.3 Å². The Hall–Kier alpha value is -4.24. The summed E-state index contributed by atoms with van der Waals surface area (Å²) in [7, 11) is 1.26. The Balaban J connectivity index is 1.76. The van der Waals surface area contributed by atoms with E-state index in [-0.39, 0.29) is 15.6 Å². The Morgan fingerprint density at radius 1 is 1.13 bits per heavy atom. The van der Waals surface area contributed by atoms with Crippen molar-refractivity contribution >= 4 is 40.2 Å². The quantitative estimate of drug-likeness (QED) is 0.179. The number of benzene rings is 2. The molecule has 1 aromatic heterocycles. The van der Waals surface area contributed by atoms with Gasteiger partial charge in [-0.3, -0.25) is 14.5 Å². The summed E-state index contributed by atoms with van der Waals surface area (Å²) in [5.41, 5.74) is 1.65. The summed E-state index contributed by atoms with van der Waals surface area (Å²) < 4.78 is 10.8. The molecule has 1 aliphatic rings.